The summed E-state index contributed by atoms with van der Waals surface area (Å²) in [5.74, 6) is 0.268. The van der Waals surface area contributed by atoms with Crippen LogP contribution in [0.5, 0.6) is 0 Å². The van der Waals surface area contributed by atoms with Crippen molar-refractivity contribution in [2.75, 3.05) is 0 Å². The van der Waals surface area contributed by atoms with Crippen molar-refractivity contribution in [3.8, 4) is 6.07 Å². The normalized spacial score (nSPS) is 11.1. The standard InChI is InChI=1S/C7H9NO/c1-6(2)3-7(4-8)5-9/h3,5-6H,1-2H3/b7-3+. The van der Waals surface area contributed by atoms with Crippen molar-refractivity contribution in [3.05, 3.63) is 11.6 Å². The second kappa shape index (κ2) is 3.85. The molecule has 0 atom stereocenters. The summed E-state index contributed by atoms with van der Waals surface area (Å²) in [6.45, 7) is 3.84. The molecule has 0 spiro atoms. The topological polar surface area (TPSA) is 40.9 Å². The molecule has 0 N–H and O–H groups in total. The molecule has 2 nitrogen and oxygen atoms in total. The van der Waals surface area contributed by atoms with Crippen LogP contribution in [0, 0.1) is 17.2 Å². The van der Waals surface area contributed by atoms with Gasteiger partial charge >= 0.3 is 0 Å². The summed E-state index contributed by atoms with van der Waals surface area (Å²) in [5.41, 5.74) is 0.213. The van der Waals surface area contributed by atoms with Gasteiger partial charge in [0.05, 0.1) is 5.57 Å². The van der Waals surface area contributed by atoms with Crippen LogP contribution in [0.1, 0.15) is 13.8 Å². The lowest BCUT2D eigenvalue weighted by atomic mass is 10.1. The highest BCUT2D eigenvalue weighted by atomic mass is 16.1. The molecule has 0 saturated heterocycles. The van der Waals surface area contributed by atoms with Crippen molar-refractivity contribution in [3.63, 3.8) is 0 Å². The minimum atomic E-state index is 0.213. The molecule has 0 rings (SSSR count). The Kier molecular flexibility index (Phi) is 3.38. The number of hydrogen-bond acceptors (Lipinski definition) is 2. The molecular formula is C7H9NO. The van der Waals surface area contributed by atoms with Crippen LogP contribution in [0.3, 0.4) is 0 Å². The Bertz CT molecular complexity index is 162. The van der Waals surface area contributed by atoms with Gasteiger partial charge in [0.1, 0.15) is 6.07 Å². The molecule has 0 heterocycles. The Morgan fingerprint density at radius 3 is 2.33 bits per heavy atom. The smallest absolute Gasteiger partial charge is 0.160 e. The van der Waals surface area contributed by atoms with E-state index in [1.54, 1.807) is 12.1 Å². The average molecular weight is 123 g/mol. The molecule has 0 amide bonds. The SMILES string of the molecule is CC(C)/C=C(\C#N)C=O. The Labute approximate surface area is 54.8 Å². The molecule has 0 aliphatic carbocycles. The Morgan fingerprint density at radius 1 is 1.67 bits per heavy atom. The highest BCUT2D eigenvalue weighted by Crippen LogP contribution is 1.97. The predicted octanol–water partition coefficient (Wildman–Crippen LogP) is 1.29. The molecule has 9 heavy (non-hydrogen) atoms. The van der Waals surface area contributed by atoms with Crippen molar-refractivity contribution >= 4 is 6.29 Å². The number of hydrogen-bond donors (Lipinski definition) is 0. The van der Waals surface area contributed by atoms with E-state index in [0.717, 1.165) is 0 Å². The van der Waals surface area contributed by atoms with E-state index in [1.807, 2.05) is 13.8 Å². The Balaban J connectivity index is 4.12. The number of aldehydes is 1. The highest BCUT2D eigenvalue weighted by molar-refractivity contribution is 5.78. The summed E-state index contributed by atoms with van der Waals surface area (Å²) in [6.07, 6.45) is 2.20. The zero-order valence-corrected chi connectivity index (χ0v) is 5.59. The molecule has 0 bridgehead atoms. The van der Waals surface area contributed by atoms with E-state index >= 15 is 0 Å². The maximum atomic E-state index is 9.98. The van der Waals surface area contributed by atoms with E-state index in [4.69, 9.17) is 5.26 Å². The molecule has 0 unspecified atom stereocenters. The van der Waals surface area contributed by atoms with E-state index in [1.165, 1.54) is 0 Å². The first-order valence-corrected chi connectivity index (χ1v) is 2.77. The highest BCUT2D eigenvalue weighted by Gasteiger charge is 1.92. The molecule has 0 aromatic heterocycles. The van der Waals surface area contributed by atoms with E-state index in [-0.39, 0.29) is 11.5 Å². The fourth-order valence-electron chi connectivity index (χ4n) is 0.462. The number of nitrogens with zero attached hydrogens (tertiary/aromatic N) is 1. The van der Waals surface area contributed by atoms with Gasteiger partial charge in [-0.25, -0.2) is 0 Å². The fourth-order valence-corrected chi connectivity index (χ4v) is 0.462. The van der Waals surface area contributed by atoms with E-state index in [0.29, 0.717) is 6.29 Å². The summed E-state index contributed by atoms with van der Waals surface area (Å²) >= 11 is 0. The van der Waals surface area contributed by atoms with E-state index in [2.05, 4.69) is 0 Å². The van der Waals surface area contributed by atoms with Crippen LogP contribution in [-0.4, -0.2) is 6.29 Å². The lowest BCUT2D eigenvalue weighted by Gasteiger charge is -1.90. The summed E-state index contributed by atoms with van der Waals surface area (Å²) in [7, 11) is 0. The van der Waals surface area contributed by atoms with Gasteiger partial charge in [-0.3, -0.25) is 4.79 Å². The Morgan fingerprint density at radius 2 is 2.22 bits per heavy atom. The third kappa shape index (κ3) is 3.48. The molecule has 0 radical (unpaired) electrons. The minimum absolute atomic E-state index is 0.213. The third-order valence-electron chi connectivity index (χ3n) is 0.769. The van der Waals surface area contributed by atoms with Gasteiger partial charge in [0.15, 0.2) is 6.29 Å². The molecular weight excluding hydrogens is 114 g/mol. The summed E-state index contributed by atoms with van der Waals surface area (Å²) in [4.78, 5) is 9.98. The largest absolute Gasteiger partial charge is 0.297 e. The van der Waals surface area contributed by atoms with Gasteiger partial charge in [-0.2, -0.15) is 5.26 Å². The van der Waals surface area contributed by atoms with Gasteiger partial charge in [-0.15, -0.1) is 0 Å². The molecule has 0 saturated carbocycles. The lowest BCUT2D eigenvalue weighted by molar-refractivity contribution is -0.104. The van der Waals surface area contributed by atoms with Crippen molar-refractivity contribution in [2.45, 2.75) is 13.8 Å². The van der Waals surface area contributed by atoms with Crippen LogP contribution in [0.15, 0.2) is 11.6 Å². The summed E-state index contributed by atoms with van der Waals surface area (Å²) in [5, 5.41) is 8.23. The Hall–Kier alpha value is -1.10. The summed E-state index contributed by atoms with van der Waals surface area (Å²) < 4.78 is 0. The van der Waals surface area contributed by atoms with Gasteiger partial charge in [-0.1, -0.05) is 19.9 Å². The number of nitriles is 1. The monoisotopic (exact) mass is 123 g/mol. The van der Waals surface area contributed by atoms with Gasteiger partial charge in [0, 0.05) is 0 Å². The van der Waals surface area contributed by atoms with Crippen LogP contribution >= 0.6 is 0 Å². The lowest BCUT2D eigenvalue weighted by Crippen LogP contribution is -1.84. The fraction of sp³-hybridized carbons (Fsp3) is 0.429. The number of allylic oxidation sites excluding steroid dienone is 2. The predicted molar refractivity (Wildman–Crippen MR) is 34.6 cm³/mol. The number of rotatable bonds is 2. The van der Waals surface area contributed by atoms with Gasteiger partial charge < -0.3 is 0 Å². The van der Waals surface area contributed by atoms with Crippen LogP contribution in [-0.2, 0) is 4.79 Å². The van der Waals surface area contributed by atoms with Crippen LogP contribution < -0.4 is 0 Å². The van der Waals surface area contributed by atoms with Gasteiger partial charge in [0.25, 0.3) is 0 Å². The number of carbonyl (C=O) groups excluding carboxylic acids is 1. The molecule has 0 aliphatic rings. The number of carbonyl (C=O) groups is 1. The summed E-state index contributed by atoms with van der Waals surface area (Å²) in [6, 6.07) is 1.78. The van der Waals surface area contributed by atoms with Crippen LogP contribution in [0.2, 0.25) is 0 Å². The third-order valence-corrected chi connectivity index (χ3v) is 0.769. The molecule has 0 fully saturated rings. The quantitative estimate of drug-likeness (QED) is 0.315. The zero-order chi connectivity index (χ0) is 7.28. The molecule has 0 aliphatic heterocycles. The van der Waals surface area contributed by atoms with Crippen molar-refractivity contribution in [2.24, 2.45) is 5.92 Å². The van der Waals surface area contributed by atoms with Gasteiger partial charge in [-0.05, 0) is 5.92 Å². The van der Waals surface area contributed by atoms with E-state index in [9.17, 15) is 4.79 Å². The van der Waals surface area contributed by atoms with Crippen molar-refractivity contribution in [1.29, 1.82) is 5.26 Å². The second-order valence-corrected chi connectivity index (χ2v) is 2.10. The molecule has 0 aromatic carbocycles. The molecule has 0 aromatic rings. The average Bonchev–Trinajstić information content (AvgIpc) is 1.82. The van der Waals surface area contributed by atoms with Gasteiger partial charge in [0.2, 0.25) is 0 Å². The molecule has 2 heteroatoms. The minimum Gasteiger partial charge on any atom is -0.297 e. The second-order valence-electron chi connectivity index (χ2n) is 2.10. The first kappa shape index (κ1) is 7.90. The van der Waals surface area contributed by atoms with Crippen molar-refractivity contribution < 1.29 is 4.79 Å². The molecule has 48 valence electrons. The van der Waals surface area contributed by atoms with Crippen LogP contribution in [0.4, 0.5) is 0 Å². The first-order chi connectivity index (χ1) is 4.20. The maximum absolute atomic E-state index is 9.98. The van der Waals surface area contributed by atoms with Crippen molar-refractivity contribution in [1.82, 2.24) is 0 Å². The maximum Gasteiger partial charge on any atom is 0.160 e. The van der Waals surface area contributed by atoms with E-state index < -0.39 is 0 Å². The van der Waals surface area contributed by atoms with Crippen LogP contribution in [0.25, 0.3) is 0 Å². The zero-order valence-electron chi connectivity index (χ0n) is 5.59. The first-order valence-electron chi connectivity index (χ1n) is 2.77.